The lowest BCUT2D eigenvalue weighted by atomic mass is 10.2. The molecular formula is C12H15BrN2O. The van der Waals surface area contributed by atoms with Crippen LogP contribution < -0.4 is 0 Å². The number of halogens is 1. The molecule has 0 radical (unpaired) electrons. The number of benzene rings is 1. The van der Waals surface area contributed by atoms with Gasteiger partial charge in [0.2, 0.25) is 0 Å². The number of rotatable bonds is 1. The highest BCUT2D eigenvalue weighted by molar-refractivity contribution is 9.10. The summed E-state index contributed by atoms with van der Waals surface area (Å²) >= 11 is 3.37. The summed E-state index contributed by atoms with van der Waals surface area (Å²) in [5.41, 5.74) is 0.771. The second-order valence-electron chi connectivity index (χ2n) is 4.10. The number of amides is 1. The quantitative estimate of drug-likeness (QED) is 0.786. The van der Waals surface area contributed by atoms with Crippen LogP contribution in [0.25, 0.3) is 0 Å². The van der Waals surface area contributed by atoms with E-state index in [-0.39, 0.29) is 5.91 Å². The average molecular weight is 285 g/mol. The maximum atomic E-state index is 12.1. The van der Waals surface area contributed by atoms with Crippen LogP contribution in [0.5, 0.6) is 0 Å². The van der Waals surface area contributed by atoms with Crippen molar-refractivity contribution in [3.8, 4) is 0 Å². The zero-order valence-corrected chi connectivity index (χ0v) is 10.9. The van der Waals surface area contributed by atoms with E-state index < -0.39 is 0 Å². The first-order valence-electron chi connectivity index (χ1n) is 5.40. The first-order chi connectivity index (χ1) is 7.66. The first kappa shape index (κ1) is 11.6. The van der Waals surface area contributed by atoms with Crippen LogP contribution in [0.4, 0.5) is 0 Å². The highest BCUT2D eigenvalue weighted by Crippen LogP contribution is 2.13. The standard InChI is InChI=1S/C12H15BrN2O/c1-14-6-8-15(9-7-14)12(16)10-2-4-11(13)5-3-10/h2-5H,6-9H2,1H3/i8+2. The van der Waals surface area contributed by atoms with Crippen molar-refractivity contribution in [3.63, 3.8) is 0 Å². The van der Waals surface area contributed by atoms with Gasteiger partial charge >= 0.3 is 0 Å². The van der Waals surface area contributed by atoms with Gasteiger partial charge in [-0.15, -0.1) is 0 Å². The molecule has 4 heteroatoms. The SMILES string of the molecule is CN1CCN(C(=O)c2ccc(Br)cc2)[14CH2]C1. The number of hydrogen-bond donors (Lipinski definition) is 0. The Kier molecular flexibility index (Phi) is 3.61. The molecule has 2 rings (SSSR count). The van der Waals surface area contributed by atoms with E-state index >= 15 is 0 Å². The lowest BCUT2D eigenvalue weighted by Gasteiger charge is -2.32. The zero-order valence-electron chi connectivity index (χ0n) is 9.32. The number of nitrogens with zero attached hydrogens (tertiary/aromatic N) is 2. The lowest BCUT2D eigenvalue weighted by molar-refractivity contribution is 0.0664. The predicted molar refractivity (Wildman–Crippen MR) is 67.5 cm³/mol. The Morgan fingerprint density at radius 3 is 2.56 bits per heavy atom. The van der Waals surface area contributed by atoms with Gasteiger partial charge in [0.05, 0.1) is 0 Å². The molecule has 0 aromatic heterocycles. The van der Waals surface area contributed by atoms with Crippen molar-refractivity contribution < 1.29 is 4.79 Å². The van der Waals surface area contributed by atoms with Gasteiger partial charge in [-0.3, -0.25) is 4.79 Å². The number of hydrogen-bond acceptors (Lipinski definition) is 2. The van der Waals surface area contributed by atoms with Crippen molar-refractivity contribution in [1.29, 1.82) is 0 Å². The molecule has 0 bridgehead atoms. The van der Waals surface area contributed by atoms with Crippen LogP contribution in [0.15, 0.2) is 28.7 Å². The van der Waals surface area contributed by atoms with Gasteiger partial charge in [-0.2, -0.15) is 0 Å². The second-order valence-corrected chi connectivity index (χ2v) is 5.02. The molecule has 3 nitrogen and oxygen atoms in total. The number of likely N-dealkylation sites (N-methyl/N-ethyl adjacent to an activating group) is 1. The Balaban J connectivity index is 2.05. The highest BCUT2D eigenvalue weighted by Gasteiger charge is 2.19. The van der Waals surface area contributed by atoms with E-state index in [1.165, 1.54) is 0 Å². The summed E-state index contributed by atoms with van der Waals surface area (Å²) in [6.07, 6.45) is 0. The molecule has 16 heavy (non-hydrogen) atoms. The Hall–Kier alpha value is -0.870. The summed E-state index contributed by atoms with van der Waals surface area (Å²) in [5.74, 6) is 0.139. The van der Waals surface area contributed by atoms with Crippen LogP contribution in [0.2, 0.25) is 0 Å². The normalized spacial score (nSPS) is 17.5. The Morgan fingerprint density at radius 1 is 1.31 bits per heavy atom. The largest absolute Gasteiger partial charge is 0.336 e. The van der Waals surface area contributed by atoms with Crippen LogP contribution in [0, 0.1) is 0 Å². The maximum absolute atomic E-state index is 12.1. The fourth-order valence-corrected chi connectivity index (χ4v) is 2.05. The van der Waals surface area contributed by atoms with Crippen molar-refractivity contribution in [2.75, 3.05) is 33.2 Å². The maximum Gasteiger partial charge on any atom is 0.253 e. The first-order valence-corrected chi connectivity index (χ1v) is 6.19. The fraction of sp³-hybridized carbons (Fsp3) is 0.417. The summed E-state index contributed by atoms with van der Waals surface area (Å²) in [7, 11) is 2.08. The molecule has 0 spiro atoms. The van der Waals surface area contributed by atoms with E-state index in [1.807, 2.05) is 29.2 Å². The van der Waals surface area contributed by atoms with Gasteiger partial charge in [-0.1, -0.05) is 15.9 Å². The van der Waals surface area contributed by atoms with Crippen LogP contribution in [-0.2, 0) is 0 Å². The minimum Gasteiger partial charge on any atom is -0.336 e. The third kappa shape index (κ3) is 2.62. The number of piperazine rings is 1. The van der Waals surface area contributed by atoms with E-state index in [9.17, 15) is 4.79 Å². The third-order valence-corrected chi connectivity index (χ3v) is 3.41. The van der Waals surface area contributed by atoms with Gasteiger partial charge in [0.1, 0.15) is 0 Å². The van der Waals surface area contributed by atoms with E-state index in [0.717, 1.165) is 36.2 Å². The molecule has 0 atom stereocenters. The molecule has 1 amide bonds. The van der Waals surface area contributed by atoms with Crippen molar-refractivity contribution in [1.82, 2.24) is 9.80 Å². The second kappa shape index (κ2) is 4.97. The minimum absolute atomic E-state index is 0.139. The zero-order chi connectivity index (χ0) is 11.5. The Labute approximate surface area is 104 Å². The molecule has 1 aliphatic rings. The molecule has 1 saturated heterocycles. The van der Waals surface area contributed by atoms with Crippen molar-refractivity contribution in [2.24, 2.45) is 0 Å². The summed E-state index contributed by atoms with van der Waals surface area (Å²) in [6.45, 7) is 3.57. The van der Waals surface area contributed by atoms with E-state index in [2.05, 4.69) is 27.9 Å². The van der Waals surface area contributed by atoms with Gasteiger partial charge in [-0.25, -0.2) is 0 Å². The monoisotopic (exact) mass is 284 g/mol. The molecule has 0 saturated carbocycles. The topological polar surface area (TPSA) is 23.6 Å². The molecule has 0 N–H and O–H groups in total. The van der Waals surface area contributed by atoms with Gasteiger partial charge in [-0.05, 0) is 31.3 Å². The van der Waals surface area contributed by atoms with Crippen molar-refractivity contribution in [3.05, 3.63) is 34.3 Å². The third-order valence-electron chi connectivity index (χ3n) is 2.88. The lowest BCUT2D eigenvalue weighted by Crippen LogP contribution is -2.47. The van der Waals surface area contributed by atoms with Crippen LogP contribution >= 0.6 is 15.9 Å². The Morgan fingerprint density at radius 2 is 2.00 bits per heavy atom. The molecule has 86 valence electrons. The summed E-state index contributed by atoms with van der Waals surface area (Å²) in [5, 5.41) is 0. The molecule has 1 aromatic rings. The van der Waals surface area contributed by atoms with Gasteiger partial charge in [0.15, 0.2) is 0 Å². The Bertz CT molecular complexity index is 369. The summed E-state index contributed by atoms with van der Waals surface area (Å²) < 4.78 is 1.00. The van der Waals surface area contributed by atoms with E-state index in [0.29, 0.717) is 0 Å². The van der Waals surface area contributed by atoms with E-state index in [4.69, 9.17) is 0 Å². The predicted octanol–water partition coefficient (Wildman–Crippen LogP) is 1.84. The molecule has 1 heterocycles. The molecule has 1 aromatic carbocycles. The van der Waals surface area contributed by atoms with Gasteiger partial charge in [0.25, 0.3) is 5.91 Å². The fourth-order valence-electron chi connectivity index (χ4n) is 1.78. The van der Waals surface area contributed by atoms with Crippen LogP contribution in [-0.4, -0.2) is 48.9 Å². The summed E-state index contributed by atoms with van der Waals surface area (Å²) in [6, 6.07) is 7.54. The average Bonchev–Trinajstić information content (AvgIpc) is 2.30. The minimum atomic E-state index is 0.139. The number of carbonyl (C=O) groups is 1. The number of carbonyl (C=O) groups excluding carboxylic acids is 1. The van der Waals surface area contributed by atoms with Crippen molar-refractivity contribution >= 4 is 21.8 Å². The highest BCUT2D eigenvalue weighted by atomic mass is 79.9. The van der Waals surface area contributed by atoms with Crippen LogP contribution in [0.1, 0.15) is 10.4 Å². The molecule has 1 fully saturated rings. The molecular weight excluding hydrogens is 270 g/mol. The molecule has 1 aliphatic heterocycles. The van der Waals surface area contributed by atoms with Gasteiger partial charge < -0.3 is 9.80 Å². The van der Waals surface area contributed by atoms with E-state index in [1.54, 1.807) is 0 Å². The van der Waals surface area contributed by atoms with Crippen LogP contribution in [0.3, 0.4) is 0 Å². The summed E-state index contributed by atoms with van der Waals surface area (Å²) in [4.78, 5) is 16.3. The van der Waals surface area contributed by atoms with Gasteiger partial charge in [0, 0.05) is 36.2 Å². The molecule has 0 unspecified atom stereocenters. The molecule has 0 aliphatic carbocycles. The smallest absolute Gasteiger partial charge is 0.253 e. The van der Waals surface area contributed by atoms with Crippen molar-refractivity contribution in [2.45, 2.75) is 0 Å².